The van der Waals surface area contributed by atoms with Gasteiger partial charge < -0.3 is 10.8 Å². The van der Waals surface area contributed by atoms with E-state index >= 15 is 0 Å². The Morgan fingerprint density at radius 1 is 1.14 bits per heavy atom. The normalized spacial score (nSPS) is 15.5. The summed E-state index contributed by atoms with van der Waals surface area (Å²) in [5.74, 6) is 2.94. The van der Waals surface area contributed by atoms with E-state index in [1.54, 1.807) is 0 Å². The Labute approximate surface area is 227 Å². The number of terminal acetylenes is 1. The van der Waals surface area contributed by atoms with Crippen LogP contribution in [0.5, 0.6) is 0 Å². The van der Waals surface area contributed by atoms with E-state index in [2.05, 4.69) is 67.7 Å². The van der Waals surface area contributed by atoms with Crippen molar-refractivity contribution in [2.75, 3.05) is 39.5 Å². The van der Waals surface area contributed by atoms with Gasteiger partial charge in [0.25, 0.3) is 0 Å². The maximum absolute atomic E-state index is 7.00. The largest absolute Gasteiger partial charge is 0.400 e. The van der Waals surface area contributed by atoms with Gasteiger partial charge in [-0.05, 0) is 57.0 Å². The SMILES string of the molecule is C#C.C=CCc1ccccc1.C=NC1=C(SCC(C)C)CCN(CCC2CCCCC2)C1.CN.CO. The number of rotatable bonds is 9. The number of benzene rings is 1. The van der Waals surface area contributed by atoms with E-state index in [1.807, 2.05) is 36.0 Å². The first kappa shape index (κ1) is 36.3. The van der Waals surface area contributed by atoms with Crippen LogP contribution in [0.25, 0.3) is 0 Å². The molecule has 0 radical (unpaired) electrons. The van der Waals surface area contributed by atoms with Gasteiger partial charge in [-0.25, -0.2) is 0 Å². The van der Waals surface area contributed by atoms with Gasteiger partial charge in [0.1, 0.15) is 0 Å². The van der Waals surface area contributed by atoms with Gasteiger partial charge in [-0.2, -0.15) is 0 Å². The number of aliphatic hydroxyl groups is 1. The van der Waals surface area contributed by atoms with Gasteiger partial charge in [0.15, 0.2) is 0 Å². The van der Waals surface area contributed by atoms with Gasteiger partial charge in [0.05, 0.1) is 5.70 Å². The summed E-state index contributed by atoms with van der Waals surface area (Å²) >= 11 is 2.01. The predicted molar refractivity (Wildman–Crippen MR) is 165 cm³/mol. The van der Waals surface area contributed by atoms with Crippen molar-refractivity contribution >= 4 is 18.5 Å². The van der Waals surface area contributed by atoms with Crippen molar-refractivity contribution in [3.8, 4) is 12.8 Å². The third-order valence-corrected chi connectivity index (χ3v) is 7.55. The van der Waals surface area contributed by atoms with Crippen molar-refractivity contribution in [2.24, 2.45) is 22.6 Å². The number of nitrogens with zero attached hydrogens (tertiary/aromatic N) is 2. The van der Waals surface area contributed by atoms with E-state index in [0.717, 1.165) is 31.9 Å². The van der Waals surface area contributed by atoms with Crippen LogP contribution in [0.2, 0.25) is 0 Å². The van der Waals surface area contributed by atoms with Gasteiger partial charge in [-0.1, -0.05) is 82.4 Å². The molecule has 36 heavy (non-hydrogen) atoms. The molecule has 204 valence electrons. The second-order valence-corrected chi connectivity index (χ2v) is 10.1. The van der Waals surface area contributed by atoms with Gasteiger partial charge in [-0.3, -0.25) is 9.89 Å². The molecule has 0 unspecified atom stereocenters. The lowest BCUT2D eigenvalue weighted by Crippen LogP contribution is -2.33. The molecule has 5 heteroatoms. The summed E-state index contributed by atoms with van der Waals surface area (Å²) < 4.78 is 0. The maximum atomic E-state index is 7.00. The maximum Gasteiger partial charge on any atom is 0.0631 e. The lowest BCUT2D eigenvalue weighted by Gasteiger charge is -2.31. The number of hydrogen-bond acceptors (Lipinski definition) is 5. The van der Waals surface area contributed by atoms with Crippen molar-refractivity contribution in [3.63, 3.8) is 0 Å². The van der Waals surface area contributed by atoms with Crippen LogP contribution in [0, 0.1) is 24.7 Å². The fourth-order valence-corrected chi connectivity index (χ4v) is 5.22. The van der Waals surface area contributed by atoms with E-state index in [0.29, 0.717) is 0 Å². The van der Waals surface area contributed by atoms with Gasteiger partial charge in [0, 0.05) is 30.9 Å². The standard InChI is InChI=1S/C18H32N2S.C9H10.C2H2.CH5N.CH4O/c1-15(2)14-21-18-10-12-20(13-17(18)19-3)11-9-16-7-5-4-6-8-16;1-2-6-9-7-4-3-5-8-9;3*1-2/h15-16H,3-14H2,1-2H3;2-5,7-8H,1,6H2;1-2H;2H2,1H3;2H,1H3. The van der Waals surface area contributed by atoms with Crippen LogP contribution >= 0.6 is 11.8 Å². The average molecular weight is 516 g/mol. The Kier molecular flexibility index (Phi) is 26.5. The summed E-state index contributed by atoms with van der Waals surface area (Å²) in [6.45, 7) is 15.5. The summed E-state index contributed by atoms with van der Waals surface area (Å²) in [5, 5.41) is 7.00. The molecule has 0 spiro atoms. The molecule has 3 N–H and O–H groups in total. The molecule has 1 aliphatic carbocycles. The smallest absolute Gasteiger partial charge is 0.0631 e. The highest BCUT2D eigenvalue weighted by Gasteiger charge is 2.20. The zero-order valence-electron chi connectivity index (χ0n) is 23.5. The van der Waals surface area contributed by atoms with Crippen LogP contribution in [0.3, 0.4) is 0 Å². The lowest BCUT2D eigenvalue weighted by atomic mass is 9.87. The van der Waals surface area contributed by atoms with E-state index in [9.17, 15) is 0 Å². The molecule has 0 saturated heterocycles. The van der Waals surface area contributed by atoms with Crippen molar-refractivity contribution in [3.05, 3.63) is 59.2 Å². The highest BCUT2D eigenvalue weighted by Crippen LogP contribution is 2.31. The van der Waals surface area contributed by atoms with Crippen molar-refractivity contribution in [1.29, 1.82) is 0 Å². The number of hydrogen-bond donors (Lipinski definition) is 2. The van der Waals surface area contributed by atoms with Crippen molar-refractivity contribution in [1.82, 2.24) is 4.90 Å². The highest BCUT2D eigenvalue weighted by atomic mass is 32.2. The molecule has 0 atom stereocenters. The molecule has 0 bridgehead atoms. The van der Waals surface area contributed by atoms with E-state index < -0.39 is 0 Å². The Morgan fingerprint density at radius 2 is 1.75 bits per heavy atom. The van der Waals surface area contributed by atoms with Crippen LogP contribution in [0.4, 0.5) is 0 Å². The minimum Gasteiger partial charge on any atom is -0.400 e. The summed E-state index contributed by atoms with van der Waals surface area (Å²) in [6, 6.07) is 10.3. The van der Waals surface area contributed by atoms with Crippen molar-refractivity contribution in [2.45, 2.75) is 65.2 Å². The molecule has 1 aromatic carbocycles. The quantitative estimate of drug-likeness (QED) is 0.215. The molecular weight excluding hydrogens is 462 g/mol. The Balaban J connectivity index is 0. The zero-order valence-corrected chi connectivity index (χ0v) is 24.3. The summed E-state index contributed by atoms with van der Waals surface area (Å²) in [7, 11) is 2.50. The summed E-state index contributed by atoms with van der Waals surface area (Å²) in [4.78, 5) is 8.41. The molecule has 1 saturated carbocycles. The lowest BCUT2D eigenvalue weighted by molar-refractivity contribution is 0.240. The number of aliphatic hydroxyl groups excluding tert-OH is 1. The first-order chi connectivity index (χ1) is 17.6. The molecule has 4 nitrogen and oxygen atoms in total. The summed E-state index contributed by atoms with van der Waals surface area (Å²) in [5.41, 5.74) is 7.07. The van der Waals surface area contributed by atoms with Crippen LogP contribution < -0.4 is 5.73 Å². The Bertz CT molecular complexity index is 694. The van der Waals surface area contributed by atoms with Gasteiger partial charge in [0.2, 0.25) is 0 Å². The Hall–Kier alpha value is -1.84. The minimum atomic E-state index is 0.748. The molecule has 0 aromatic heterocycles. The fourth-order valence-electron chi connectivity index (χ4n) is 4.16. The molecule has 1 aromatic rings. The van der Waals surface area contributed by atoms with Crippen LogP contribution in [0.15, 0.2) is 58.6 Å². The molecule has 2 aliphatic rings. The number of allylic oxidation sites excluding steroid dienone is 1. The van der Waals surface area contributed by atoms with Crippen LogP contribution in [0.1, 0.15) is 64.4 Å². The average Bonchev–Trinajstić information content (AvgIpc) is 2.96. The first-order valence-electron chi connectivity index (χ1n) is 13.2. The zero-order chi connectivity index (χ0) is 27.6. The summed E-state index contributed by atoms with van der Waals surface area (Å²) in [6.07, 6.45) is 20.8. The number of nitrogens with two attached hydrogens (primary N) is 1. The second-order valence-electron chi connectivity index (χ2n) is 9.03. The molecule has 1 heterocycles. The fraction of sp³-hybridized carbons (Fsp3) is 0.581. The molecule has 3 rings (SSSR count). The van der Waals surface area contributed by atoms with Crippen LogP contribution in [-0.4, -0.2) is 56.3 Å². The van der Waals surface area contributed by atoms with Gasteiger partial charge in [-0.15, -0.1) is 31.2 Å². The van der Waals surface area contributed by atoms with E-state index in [4.69, 9.17) is 5.11 Å². The third kappa shape index (κ3) is 17.6. The Morgan fingerprint density at radius 3 is 2.28 bits per heavy atom. The first-order valence-corrected chi connectivity index (χ1v) is 14.2. The van der Waals surface area contributed by atoms with Crippen LogP contribution in [-0.2, 0) is 6.42 Å². The molecule has 0 amide bonds. The molecule has 1 aliphatic heterocycles. The predicted octanol–water partition coefficient (Wildman–Crippen LogP) is 6.81. The van der Waals surface area contributed by atoms with Gasteiger partial charge >= 0.3 is 0 Å². The third-order valence-electron chi connectivity index (χ3n) is 5.93. The number of thioether (sulfide) groups is 1. The molecule has 1 fully saturated rings. The number of aliphatic imine (C=N–C) groups is 1. The van der Waals surface area contributed by atoms with Crippen molar-refractivity contribution < 1.29 is 5.11 Å². The molecular formula is C31H53N3OS. The topological polar surface area (TPSA) is 61.8 Å². The second kappa shape index (κ2) is 26.2. The van der Waals surface area contributed by atoms with E-state index in [-0.39, 0.29) is 0 Å². The highest BCUT2D eigenvalue weighted by molar-refractivity contribution is 8.03. The minimum absolute atomic E-state index is 0.748. The van der Waals surface area contributed by atoms with E-state index in [1.165, 1.54) is 87.0 Å². The monoisotopic (exact) mass is 515 g/mol.